The Morgan fingerprint density at radius 2 is 2.10 bits per heavy atom. The van der Waals surface area contributed by atoms with Gasteiger partial charge in [-0.05, 0) is 32.2 Å². The van der Waals surface area contributed by atoms with Gasteiger partial charge in [-0.15, -0.1) is 0 Å². The molecule has 5 heteroatoms. The van der Waals surface area contributed by atoms with Gasteiger partial charge in [-0.2, -0.15) is 4.98 Å². The van der Waals surface area contributed by atoms with Gasteiger partial charge >= 0.3 is 0 Å². The predicted molar refractivity (Wildman–Crippen MR) is 82.1 cm³/mol. The zero-order chi connectivity index (χ0) is 15.1. The van der Waals surface area contributed by atoms with Crippen LogP contribution in [-0.2, 0) is 11.2 Å². The molecule has 5 nitrogen and oxygen atoms in total. The van der Waals surface area contributed by atoms with Gasteiger partial charge in [0, 0.05) is 19.6 Å². The second-order valence-corrected chi connectivity index (χ2v) is 6.08. The summed E-state index contributed by atoms with van der Waals surface area (Å²) >= 11 is 0. The molecule has 1 aromatic heterocycles. The molecular formula is C16H29N3O2. The summed E-state index contributed by atoms with van der Waals surface area (Å²) in [6.07, 6.45) is 9.36. The molecule has 2 unspecified atom stereocenters. The molecule has 0 aromatic carbocycles. The summed E-state index contributed by atoms with van der Waals surface area (Å²) < 4.78 is 11.1. The molecule has 0 spiro atoms. The fourth-order valence-electron chi connectivity index (χ4n) is 3.32. The van der Waals surface area contributed by atoms with Gasteiger partial charge in [0.05, 0.1) is 0 Å². The van der Waals surface area contributed by atoms with Gasteiger partial charge < -0.3 is 14.6 Å². The number of hydrogen-bond donors (Lipinski definition) is 1. The standard InChI is InChI=1S/C16H29N3O2/c1-4-8-13(17-2)11-14-18-16(19-21-14)15(20-3)12-9-6-5-7-10-12/h12-13,15,17H,4-11H2,1-3H3. The summed E-state index contributed by atoms with van der Waals surface area (Å²) in [5.74, 6) is 1.98. The number of nitrogens with zero attached hydrogens (tertiary/aromatic N) is 2. The lowest BCUT2D eigenvalue weighted by Crippen LogP contribution is -2.27. The van der Waals surface area contributed by atoms with Gasteiger partial charge in [0.1, 0.15) is 6.10 Å². The highest BCUT2D eigenvalue weighted by molar-refractivity contribution is 4.96. The van der Waals surface area contributed by atoms with E-state index in [9.17, 15) is 0 Å². The topological polar surface area (TPSA) is 60.2 Å². The molecule has 21 heavy (non-hydrogen) atoms. The van der Waals surface area contributed by atoms with Gasteiger partial charge in [-0.3, -0.25) is 0 Å². The van der Waals surface area contributed by atoms with E-state index in [-0.39, 0.29) is 6.10 Å². The average Bonchev–Trinajstić information content (AvgIpc) is 2.97. The number of ether oxygens (including phenoxy) is 1. The largest absolute Gasteiger partial charge is 0.373 e. The molecule has 0 aliphatic heterocycles. The number of aromatic nitrogens is 2. The van der Waals surface area contributed by atoms with Crippen molar-refractivity contribution in [2.75, 3.05) is 14.2 Å². The summed E-state index contributed by atoms with van der Waals surface area (Å²) in [5, 5.41) is 7.48. The van der Waals surface area contributed by atoms with Crippen LogP contribution >= 0.6 is 0 Å². The van der Waals surface area contributed by atoms with E-state index in [2.05, 4.69) is 22.4 Å². The molecule has 1 aliphatic carbocycles. The van der Waals surface area contributed by atoms with Gasteiger partial charge in [-0.25, -0.2) is 0 Å². The van der Waals surface area contributed by atoms with Crippen LogP contribution in [0, 0.1) is 5.92 Å². The summed E-state index contributed by atoms with van der Waals surface area (Å²) in [4.78, 5) is 4.58. The number of nitrogens with one attached hydrogen (secondary N) is 1. The van der Waals surface area contributed by atoms with Crippen LogP contribution in [0.15, 0.2) is 4.52 Å². The zero-order valence-corrected chi connectivity index (χ0v) is 13.6. The number of methoxy groups -OCH3 is 1. The zero-order valence-electron chi connectivity index (χ0n) is 13.6. The monoisotopic (exact) mass is 295 g/mol. The Labute approximate surface area is 127 Å². The number of rotatable bonds is 8. The molecule has 1 heterocycles. The fraction of sp³-hybridized carbons (Fsp3) is 0.875. The van der Waals surface area contributed by atoms with Crippen LogP contribution in [0.25, 0.3) is 0 Å². The molecule has 1 N–H and O–H groups in total. The van der Waals surface area contributed by atoms with E-state index in [4.69, 9.17) is 9.26 Å². The maximum absolute atomic E-state index is 5.67. The Hall–Kier alpha value is -0.940. The first-order chi connectivity index (χ1) is 10.3. The van der Waals surface area contributed by atoms with Crippen LogP contribution < -0.4 is 5.32 Å². The van der Waals surface area contributed by atoms with Crippen molar-refractivity contribution in [1.82, 2.24) is 15.5 Å². The van der Waals surface area contributed by atoms with Crippen LogP contribution in [0.2, 0.25) is 0 Å². The SMILES string of the molecule is CCCC(Cc1nc(C(OC)C2CCCCC2)no1)NC. The van der Waals surface area contributed by atoms with E-state index in [1.165, 1.54) is 32.1 Å². The molecule has 1 aromatic rings. The van der Waals surface area contributed by atoms with E-state index in [0.29, 0.717) is 12.0 Å². The number of likely N-dealkylation sites (N-methyl/N-ethyl adjacent to an activating group) is 1. The first-order valence-electron chi connectivity index (χ1n) is 8.31. The van der Waals surface area contributed by atoms with Crippen molar-refractivity contribution in [2.45, 2.75) is 70.4 Å². The quantitative estimate of drug-likeness (QED) is 0.797. The Kier molecular flexibility index (Phi) is 6.64. The van der Waals surface area contributed by atoms with Crippen molar-refractivity contribution in [3.8, 4) is 0 Å². The van der Waals surface area contributed by atoms with E-state index in [1.54, 1.807) is 7.11 Å². The molecule has 0 saturated heterocycles. The minimum Gasteiger partial charge on any atom is -0.373 e. The molecule has 1 aliphatic rings. The Morgan fingerprint density at radius 1 is 1.33 bits per heavy atom. The van der Waals surface area contributed by atoms with Crippen molar-refractivity contribution in [3.05, 3.63) is 11.7 Å². The lowest BCUT2D eigenvalue weighted by atomic mass is 9.85. The number of hydrogen-bond acceptors (Lipinski definition) is 5. The Bertz CT molecular complexity index is 402. The van der Waals surface area contributed by atoms with Crippen LogP contribution in [-0.4, -0.2) is 30.3 Å². The molecule has 0 bridgehead atoms. The third-order valence-corrected chi connectivity index (χ3v) is 4.54. The van der Waals surface area contributed by atoms with Crippen LogP contribution in [0.3, 0.4) is 0 Å². The summed E-state index contributed by atoms with van der Waals surface area (Å²) in [6.45, 7) is 2.19. The summed E-state index contributed by atoms with van der Waals surface area (Å²) in [6, 6.07) is 0.402. The van der Waals surface area contributed by atoms with Crippen molar-refractivity contribution < 1.29 is 9.26 Å². The third-order valence-electron chi connectivity index (χ3n) is 4.54. The average molecular weight is 295 g/mol. The molecule has 2 rings (SSSR count). The highest BCUT2D eigenvalue weighted by Gasteiger charge is 2.29. The molecule has 120 valence electrons. The van der Waals surface area contributed by atoms with Gasteiger partial charge in [-0.1, -0.05) is 37.8 Å². The molecular weight excluding hydrogens is 266 g/mol. The maximum atomic E-state index is 5.67. The summed E-state index contributed by atoms with van der Waals surface area (Å²) in [5.41, 5.74) is 0. The lowest BCUT2D eigenvalue weighted by Gasteiger charge is -2.26. The summed E-state index contributed by atoms with van der Waals surface area (Å²) in [7, 11) is 3.74. The van der Waals surface area contributed by atoms with E-state index in [1.807, 2.05) is 7.05 Å². The minimum absolute atomic E-state index is 0.0120. The minimum atomic E-state index is -0.0120. The van der Waals surface area contributed by atoms with E-state index in [0.717, 1.165) is 31.0 Å². The first-order valence-corrected chi connectivity index (χ1v) is 8.31. The highest BCUT2D eigenvalue weighted by atomic mass is 16.5. The van der Waals surface area contributed by atoms with E-state index >= 15 is 0 Å². The van der Waals surface area contributed by atoms with Crippen molar-refractivity contribution in [1.29, 1.82) is 0 Å². The smallest absolute Gasteiger partial charge is 0.228 e. The second-order valence-electron chi connectivity index (χ2n) is 6.08. The first kappa shape index (κ1) is 16.4. The van der Waals surface area contributed by atoms with Crippen LogP contribution in [0.4, 0.5) is 0 Å². The van der Waals surface area contributed by atoms with Gasteiger partial charge in [0.15, 0.2) is 0 Å². The van der Waals surface area contributed by atoms with E-state index < -0.39 is 0 Å². The van der Waals surface area contributed by atoms with Crippen LogP contribution in [0.1, 0.15) is 69.7 Å². The van der Waals surface area contributed by atoms with Crippen molar-refractivity contribution in [2.24, 2.45) is 5.92 Å². The van der Waals surface area contributed by atoms with Gasteiger partial charge in [0.2, 0.25) is 11.7 Å². The predicted octanol–water partition coefficient (Wildman–Crippen LogP) is 3.27. The fourth-order valence-corrected chi connectivity index (χ4v) is 3.32. The second kappa shape index (κ2) is 8.49. The van der Waals surface area contributed by atoms with Crippen LogP contribution in [0.5, 0.6) is 0 Å². The molecule has 0 radical (unpaired) electrons. The third kappa shape index (κ3) is 4.51. The molecule has 2 atom stereocenters. The van der Waals surface area contributed by atoms with Crippen molar-refractivity contribution in [3.63, 3.8) is 0 Å². The molecule has 1 fully saturated rings. The normalized spacial score (nSPS) is 19.6. The van der Waals surface area contributed by atoms with Gasteiger partial charge in [0.25, 0.3) is 0 Å². The Balaban J connectivity index is 1.99. The Morgan fingerprint density at radius 3 is 2.71 bits per heavy atom. The maximum Gasteiger partial charge on any atom is 0.228 e. The molecule has 0 amide bonds. The highest BCUT2D eigenvalue weighted by Crippen LogP contribution is 2.35. The molecule has 1 saturated carbocycles. The lowest BCUT2D eigenvalue weighted by molar-refractivity contribution is 0.0273. The van der Waals surface area contributed by atoms with Crippen molar-refractivity contribution >= 4 is 0 Å².